The van der Waals surface area contributed by atoms with Crippen LogP contribution in [0, 0.1) is 5.92 Å². The minimum atomic E-state index is -4.60. The Hall–Kier alpha value is -2.52. The van der Waals surface area contributed by atoms with Gasteiger partial charge < -0.3 is 15.8 Å². The molecule has 2 heterocycles. The van der Waals surface area contributed by atoms with Crippen LogP contribution in [-0.2, 0) is 11.6 Å². The molecule has 31 heavy (non-hydrogen) atoms. The lowest BCUT2D eigenvalue weighted by Gasteiger charge is -2.28. The molecule has 0 radical (unpaired) electrons. The lowest BCUT2D eigenvalue weighted by Crippen LogP contribution is -2.21. The molecule has 2 aliphatic carbocycles. The Balaban J connectivity index is 1.71. The molecule has 2 saturated carbocycles. The van der Waals surface area contributed by atoms with E-state index >= 15 is 0 Å². The first-order chi connectivity index (χ1) is 14.5. The lowest BCUT2D eigenvalue weighted by atomic mass is 9.86. The van der Waals surface area contributed by atoms with Crippen molar-refractivity contribution in [2.75, 3.05) is 17.7 Å². The highest BCUT2D eigenvalue weighted by Crippen LogP contribution is 2.44. The van der Waals surface area contributed by atoms with Crippen LogP contribution >= 0.6 is 0 Å². The first-order valence-electron chi connectivity index (χ1n) is 10.8. The highest BCUT2D eigenvalue weighted by atomic mass is 19.4. The summed E-state index contributed by atoms with van der Waals surface area (Å²) in [6, 6.07) is 0.205. The molecule has 0 bridgehead atoms. The zero-order valence-corrected chi connectivity index (χ0v) is 18.1. The molecule has 0 aliphatic heterocycles. The SMILES string of the molecule is CC(C)(C)c1nn(C2CCC2)c(Nc2ncc(C(F)(F)F)c(N)n2)c1OCC1CCC1. The number of hydrogen-bond donors (Lipinski definition) is 2. The van der Waals surface area contributed by atoms with Gasteiger partial charge in [-0.25, -0.2) is 9.67 Å². The molecule has 2 aromatic heterocycles. The first kappa shape index (κ1) is 21.7. The van der Waals surface area contributed by atoms with E-state index in [2.05, 4.69) is 36.1 Å². The van der Waals surface area contributed by atoms with Crippen LogP contribution in [0.3, 0.4) is 0 Å². The Bertz CT molecular complexity index is 942. The third-order valence-corrected chi connectivity index (χ3v) is 6.04. The molecule has 2 aromatic rings. The van der Waals surface area contributed by atoms with Gasteiger partial charge in [0, 0.05) is 11.6 Å². The van der Waals surface area contributed by atoms with Gasteiger partial charge in [-0.2, -0.15) is 23.3 Å². The third-order valence-electron chi connectivity index (χ3n) is 6.04. The second-order valence-electron chi connectivity index (χ2n) is 9.53. The van der Waals surface area contributed by atoms with Crippen LogP contribution in [0.1, 0.15) is 76.6 Å². The van der Waals surface area contributed by atoms with Gasteiger partial charge >= 0.3 is 6.18 Å². The smallest absolute Gasteiger partial charge is 0.421 e. The van der Waals surface area contributed by atoms with Crippen molar-refractivity contribution < 1.29 is 17.9 Å². The number of ether oxygens (including phenoxy) is 1. The van der Waals surface area contributed by atoms with Crippen molar-refractivity contribution in [3.63, 3.8) is 0 Å². The number of rotatable bonds is 6. The highest BCUT2D eigenvalue weighted by Gasteiger charge is 2.36. The Kier molecular flexibility index (Phi) is 5.51. The summed E-state index contributed by atoms with van der Waals surface area (Å²) in [6.45, 7) is 6.78. The molecule has 4 rings (SSSR count). The average Bonchev–Trinajstić information content (AvgIpc) is 2.89. The number of nitrogens with one attached hydrogen (secondary N) is 1. The maximum absolute atomic E-state index is 13.0. The van der Waals surface area contributed by atoms with Crippen LogP contribution in [-0.4, -0.2) is 26.4 Å². The molecule has 10 heteroatoms. The van der Waals surface area contributed by atoms with Crippen LogP contribution in [0.25, 0.3) is 0 Å². The van der Waals surface area contributed by atoms with Crippen LogP contribution in [0.2, 0.25) is 0 Å². The van der Waals surface area contributed by atoms with Gasteiger partial charge in [0.1, 0.15) is 17.1 Å². The van der Waals surface area contributed by atoms with Crippen molar-refractivity contribution in [3.05, 3.63) is 17.5 Å². The number of aromatic nitrogens is 4. The fraction of sp³-hybridized carbons (Fsp3) is 0.667. The van der Waals surface area contributed by atoms with E-state index in [0.717, 1.165) is 37.8 Å². The predicted molar refractivity (Wildman–Crippen MR) is 111 cm³/mol. The summed E-state index contributed by atoms with van der Waals surface area (Å²) < 4.78 is 47.2. The Labute approximate surface area is 179 Å². The van der Waals surface area contributed by atoms with E-state index in [-0.39, 0.29) is 17.4 Å². The Morgan fingerprint density at radius 2 is 1.84 bits per heavy atom. The number of anilines is 3. The molecule has 170 valence electrons. The molecule has 3 N–H and O–H groups in total. The molecule has 2 aliphatic rings. The van der Waals surface area contributed by atoms with Crippen molar-refractivity contribution in [2.24, 2.45) is 5.92 Å². The minimum Gasteiger partial charge on any atom is -0.488 e. The Morgan fingerprint density at radius 3 is 2.32 bits per heavy atom. The number of hydrogen-bond acceptors (Lipinski definition) is 6. The zero-order chi connectivity index (χ0) is 22.4. The number of nitrogens with zero attached hydrogens (tertiary/aromatic N) is 4. The van der Waals surface area contributed by atoms with E-state index < -0.39 is 17.6 Å². The van der Waals surface area contributed by atoms with Gasteiger partial charge in [0.05, 0.1) is 12.6 Å². The lowest BCUT2D eigenvalue weighted by molar-refractivity contribution is -0.137. The van der Waals surface area contributed by atoms with Crippen molar-refractivity contribution in [2.45, 2.75) is 76.9 Å². The van der Waals surface area contributed by atoms with E-state index in [0.29, 0.717) is 30.3 Å². The van der Waals surface area contributed by atoms with Gasteiger partial charge in [0.15, 0.2) is 11.6 Å². The van der Waals surface area contributed by atoms with Crippen molar-refractivity contribution in [3.8, 4) is 5.75 Å². The van der Waals surface area contributed by atoms with Gasteiger partial charge in [0.25, 0.3) is 0 Å². The van der Waals surface area contributed by atoms with Gasteiger partial charge in [-0.15, -0.1) is 0 Å². The maximum atomic E-state index is 13.0. The molecule has 0 atom stereocenters. The fourth-order valence-corrected chi connectivity index (χ4v) is 3.70. The van der Waals surface area contributed by atoms with Crippen LogP contribution in [0.4, 0.5) is 30.8 Å². The van der Waals surface area contributed by atoms with Gasteiger partial charge in [-0.3, -0.25) is 0 Å². The van der Waals surface area contributed by atoms with Crippen LogP contribution < -0.4 is 15.8 Å². The third kappa shape index (κ3) is 4.43. The average molecular weight is 438 g/mol. The molecule has 7 nitrogen and oxygen atoms in total. The summed E-state index contributed by atoms with van der Waals surface area (Å²) in [5.41, 5.74) is 5.04. The van der Waals surface area contributed by atoms with Gasteiger partial charge in [-0.1, -0.05) is 27.2 Å². The van der Waals surface area contributed by atoms with E-state index in [1.807, 2.05) is 4.68 Å². The number of alkyl halides is 3. The molecule has 0 saturated heterocycles. The second-order valence-corrected chi connectivity index (χ2v) is 9.53. The second kappa shape index (κ2) is 7.87. The van der Waals surface area contributed by atoms with Crippen LogP contribution in [0.5, 0.6) is 5.75 Å². The monoisotopic (exact) mass is 438 g/mol. The molecular weight excluding hydrogens is 409 g/mol. The summed E-state index contributed by atoms with van der Waals surface area (Å²) >= 11 is 0. The predicted octanol–water partition coefficient (Wildman–Crippen LogP) is 5.22. The van der Waals surface area contributed by atoms with Crippen LogP contribution in [0.15, 0.2) is 6.20 Å². The zero-order valence-electron chi connectivity index (χ0n) is 18.1. The van der Waals surface area contributed by atoms with Gasteiger partial charge in [-0.05, 0) is 38.0 Å². The van der Waals surface area contributed by atoms with E-state index in [9.17, 15) is 13.2 Å². The largest absolute Gasteiger partial charge is 0.488 e. The van der Waals surface area contributed by atoms with Crippen molar-refractivity contribution >= 4 is 17.6 Å². The van der Waals surface area contributed by atoms with E-state index in [1.54, 1.807) is 0 Å². The standard InChI is InChI=1S/C21H29F3N6O/c1-20(2,3)16-15(31-11-12-6-4-7-12)18(30(29-16)13-8-5-9-13)28-19-26-10-14(17(25)27-19)21(22,23)24/h10,12-13H,4-9,11H2,1-3H3,(H3,25,26,27,28). The maximum Gasteiger partial charge on any atom is 0.421 e. The topological polar surface area (TPSA) is 90.9 Å². The summed E-state index contributed by atoms with van der Waals surface area (Å²) in [4.78, 5) is 7.71. The number of nitrogens with two attached hydrogens (primary N) is 1. The van der Waals surface area contributed by atoms with Crippen molar-refractivity contribution in [1.29, 1.82) is 0 Å². The van der Waals surface area contributed by atoms with Crippen molar-refractivity contribution in [1.82, 2.24) is 19.7 Å². The minimum absolute atomic E-state index is 0.0140. The fourth-order valence-electron chi connectivity index (χ4n) is 3.70. The van der Waals surface area contributed by atoms with Gasteiger partial charge in [0.2, 0.25) is 5.95 Å². The summed E-state index contributed by atoms with van der Waals surface area (Å²) in [7, 11) is 0. The molecule has 0 spiro atoms. The molecule has 2 fully saturated rings. The quantitative estimate of drug-likeness (QED) is 0.643. The molecule has 0 aromatic carbocycles. The summed E-state index contributed by atoms with van der Waals surface area (Å²) in [5.74, 6) is 1.08. The van der Waals surface area contributed by atoms with E-state index in [1.165, 1.54) is 6.42 Å². The number of halogens is 3. The summed E-state index contributed by atoms with van der Waals surface area (Å²) in [6.07, 6.45) is 2.67. The van der Waals surface area contributed by atoms with E-state index in [4.69, 9.17) is 15.6 Å². The Morgan fingerprint density at radius 1 is 1.16 bits per heavy atom. The molecule has 0 amide bonds. The number of nitrogen functional groups attached to an aromatic ring is 1. The molecular formula is C21H29F3N6O. The first-order valence-corrected chi connectivity index (χ1v) is 10.8. The highest BCUT2D eigenvalue weighted by molar-refractivity contribution is 5.63. The normalized spacial score (nSPS) is 17.9. The molecule has 0 unspecified atom stereocenters. The summed E-state index contributed by atoms with van der Waals surface area (Å²) in [5, 5.41) is 7.93.